The van der Waals surface area contributed by atoms with Crippen molar-refractivity contribution in [1.82, 2.24) is 9.78 Å². The highest BCUT2D eigenvalue weighted by atomic mass is 35.5. The smallest absolute Gasteiger partial charge is 0.424 e. The van der Waals surface area contributed by atoms with Gasteiger partial charge in [0, 0.05) is 11.5 Å². The maximum absolute atomic E-state index is 13.9. The van der Waals surface area contributed by atoms with E-state index in [1.54, 1.807) is 0 Å². The van der Waals surface area contributed by atoms with Crippen LogP contribution in [0.1, 0.15) is 11.1 Å². The van der Waals surface area contributed by atoms with Crippen molar-refractivity contribution in [3.8, 4) is 17.5 Å². The van der Waals surface area contributed by atoms with Crippen LogP contribution in [0.5, 0.6) is 5.75 Å². The van der Waals surface area contributed by atoms with E-state index in [4.69, 9.17) is 21.6 Å². The van der Waals surface area contributed by atoms with E-state index in [0.29, 0.717) is 16.6 Å². The van der Waals surface area contributed by atoms with Gasteiger partial charge in [-0.25, -0.2) is 9.07 Å². The number of aromatic nitrogens is 2. The van der Waals surface area contributed by atoms with Crippen LogP contribution in [0, 0.1) is 17.1 Å². The molecule has 1 unspecified atom stereocenters. The quantitative estimate of drug-likeness (QED) is 0.386. The van der Waals surface area contributed by atoms with E-state index >= 15 is 0 Å². The summed E-state index contributed by atoms with van der Waals surface area (Å²) in [5.74, 6) is -0.469. The first-order valence-corrected chi connectivity index (χ1v) is 9.86. The van der Waals surface area contributed by atoms with E-state index in [2.05, 4.69) is 5.10 Å². The number of aliphatic hydroxyl groups is 1. The standard InChI is InChI=1S/C23H14ClF4N3O2/c24-20-10-19(7-1-14(20)11-29)33-13-22(32,23(26,27)28)16-2-8-21-15(9-16)12-30-31(21)18-5-3-17(25)4-6-18/h1-10,12,32H,13H2. The molecule has 4 rings (SSSR count). The van der Waals surface area contributed by atoms with E-state index in [1.165, 1.54) is 65.5 Å². The van der Waals surface area contributed by atoms with Gasteiger partial charge in [-0.2, -0.15) is 23.5 Å². The van der Waals surface area contributed by atoms with E-state index in [1.807, 2.05) is 6.07 Å². The van der Waals surface area contributed by atoms with Crippen LogP contribution in [0.4, 0.5) is 17.6 Å². The summed E-state index contributed by atoms with van der Waals surface area (Å²) in [5, 5.41) is 24.1. The van der Waals surface area contributed by atoms with Gasteiger partial charge in [0.1, 0.15) is 24.2 Å². The molecule has 5 nitrogen and oxygen atoms in total. The molecule has 168 valence electrons. The molecule has 0 aliphatic heterocycles. The van der Waals surface area contributed by atoms with Crippen LogP contribution >= 0.6 is 11.6 Å². The van der Waals surface area contributed by atoms with E-state index in [9.17, 15) is 22.7 Å². The van der Waals surface area contributed by atoms with Crippen LogP contribution in [-0.4, -0.2) is 27.7 Å². The molecule has 10 heteroatoms. The molecule has 1 atom stereocenters. The third kappa shape index (κ3) is 4.23. The number of nitriles is 1. The summed E-state index contributed by atoms with van der Waals surface area (Å²) in [5.41, 5.74) is -2.65. The van der Waals surface area contributed by atoms with Crippen molar-refractivity contribution in [3.05, 3.63) is 88.8 Å². The van der Waals surface area contributed by atoms with Gasteiger partial charge in [0.2, 0.25) is 5.60 Å². The maximum atomic E-state index is 13.9. The number of benzene rings is 3. The number of nitrogens with zero attached hydrogens (tertiary/aromatic N) is 3. The van der Waals surface area contributed by atoms with Crippen LogP contribution in [0.15, 0.2) is 66.9 Å². The van der Waals surface area contributed by atoms with Crippen molar-refractivity contribution >= 4 is 22.5 Å². The molecule has 3 aromatic carbocycles. The fourth-order valence-corrected chi connectivity index (χ4v) is 3.48. The molecule has 33 heavy (non-hydrogen) atoms. The molecule has 0 fully saturated rings. The second-order valence-electron chi connectivity index (χ2n) is 7.21. The molecule has 0 aliphatic rings. The maximum Gasteiger partial charge on any atom is 0.424 e. The highest BCUT2D eigenvalue weighted by Gasteiger charge is 2.56. The summed E-state index contributed by atoms with van der Waals surface area (Å²) in [4.78, 5) is 0. The summed E-state index contributed by atoms with van der Waals surface area (Å²) in [6, 6.07) is 14.8. The van der Waals surface area contributed by atoms with Gasteiger partial charge in [-0.05, 0) is 54.1 Å². The predicted octanol–water partition coefficient (Wildman–Crippen LogP) is 5.52. The first-order chi connectivity index (χ1) is 15.6. The lowest BCUT2D eigenvalue weighted by Crippen LogP contribution is -2.47. The Bertz CT molecular complexity index is 1360. The zero-order valence-electron chi connectivity index (χ0n) is 16.6. The lowest BCUT2D eigenvalue weighted by Gasteiger charge is -2.31. The predicted molar refractivity (Wildman–Crippen MR) is 113 cm³/mol. The molecular formula is C23H14ClF4N3O2. The Morgan fingerprint density at radius 2 is 1.79 bits per heavy atom. The normalized spacial score (nSPS) is 13.5. The van der Waals surface area contributed by atoms with Gasteiger partial charge < -0.3 is 9.84 Å². The van der Waals surface area contributed by atoms with Crippen LogP contribution in [0.25, 0.3) is 16.6 Å². The molecule has 0 saturated carbocycles. The average molecular weight is 476 g/mol. The van der Waals surface area contributed by atoms with E-state index in [0.717, 1.165) is 6.07 Å². The minimum atomic E-state index is -5.07. The first kappa shape index (κ1) is 22.6. The number of hydrogen-bond acceptors (Lipinski definition) is 4. The Kier molecular flexibility index (Phi) is 5.74. The Balaban J connectivity index is 1.68. The Hall–Kier alpha value is -3.61. The second-order valence-corrected chi connectivity index (χ2v) is 7.61. The number of hydrogen-bond donors (Lipinski definition) is 1. The minimum absolute atomic E-state index is 0.0141. The summed E-state index contributed by atoms with van der Waals surface area (Å²) in [6.07, 6.45) is -3.72. The zero-order valence-corrected chi connectivity index (χ0v) is 17.4. The van der Waals surface area contributed by atoms with Crippen LogP contribution in [0.2, 0.25) is 5.02 Å². The molecule has 0 saturated heterocycles. The molecule has 4 aromatic rings. The third-order valence-electron chi connectivity index (χ3n) is 5.09. The van der Waals surface area contributed by atoms with Crippen molar-refractivity contribution < 1.29 is 27.4 Å². The largest absolute Gasteiger partial charge is 0.490 e. The van der Waals surface area contributed by atoms with Crippen molar-refractivity contribution in [3.63, 3.8) is 0 Å². The lowest BCUT2D eigenvalue weighted by molar-refractivity contribution is -0.275. The van der Waals surface area contributed by atoms with Crippen LogP contribution < -0.4 is 4.74 Å². The average Bonchev–Trinajstić information content (AvgIpc) is 3.20. The molecular weight excluding hydrogens is 462 g/mol. The monoisotopic (exact) mass is 475 g/mol. The van der Waals surface area contributed by atoms with Gasteiger partial charge in [-0.3, -0.25) is 0 Å². The van der Waals surface area contributed by atoms with Crippen LogP contribution in [0.3, 0.4) is 0 Å². The van der Waals surface area contributed by atoms with Crippen molar-refractivity contribution in [2.24, 2.45) is 0 Å². The molecule has 0 bridgehead atoms. The fourth-order valence-electron chi connectivity index (χ4n) is 3.27. The van der Waals surface area contributed by atoms with Gasteiger partial charge in [-0.1, -0.05) is 17.7 Å². The van der Waals surface area contributed by atoms with Gasteiger partial charge in [-0.15, -0.1) is 0 Å². The molecule has 0 amide bonds. The topological polar surface area (TPSA) is 71.1 Å². The van der Waals surface area contributed by atoms with Crippen molar-refractivity contribution in [2.45, 2.75) is 11.8 Å². The summed E-state index contributed by atoms with van der Waals surface area (Å²) in [7, 11) is 0. The van der Waals surface area contributed by atoms with E-state index in [-0.39, 0.29) is 16.3 Å². The highest BCUT2D eigenvalue weighted by molar-refractivity contribution is 6.31. The number of halogens is 5. The van der Waals surface area contributed by atoms with Gasteiger partial charge in [0.15, 0.2) is 0 Å². The molecule has 1 heterocycles. The van der Waals surface area contributed by atoms with Gasteiger partial charge in [0.05, 0.1) is 28.0 Å². The number of alkyl halides is 3. The zero-order chi connectivity index (χ0) is 23.8. The molecule has 1 aromatic heterocycles. The first-order valence-electron chi connectivity index (χ1n) is 9.48. The van der Waals surface area contributed by atoms with E-state index < -0.39 is 29.8 Å². The second kappa shape index (κ2) is 8.39. The van der Waals surface area contributed by atoms with Crippen LogP contribution in [-0.2, 0) is 5.60 Å². The fraction of sp³-hybridized carbons (Fsp3) is 0.130. The molecule has 0 radical (unpaired) electrons. The SMILES string of the molecule is N#Cc1ccc(OCC(O)(c2ccc3c(cnn3-c3ccc(F)cc3)c2)C(F)(F)F)cc1Cl. The summed E-state index contributed by atoms with van der Waals surface area (Å²) >= 11 is 5.90. The minimum Gasteiger partial charge on any atom is -0.490 e. The van der Waals surface area contributed by atoms with Crippen molar-refractivity contribution in [2.75, 3.05) is 6.61 Å². The summed E-state index contributed by atoms with van der Waals surface area (Å²) < 4.78 is 61.7. The Morgan fingerprint density at radius 3 is 2.42 bits per heavy atom. The highest BCUT2D eigenvalue weighted by Crippen LogP contribution is 2.40. The lowest BCUT2D eigenvalue weighted by atomic mass is 9.93. The summed E-state index contributed by atoms with van der Waals surface area (Å²) in [6.45, 7) is -1.14. The number of fused-ring (bicyclic) bond motifs is 1. The molecule has 1 N–H and O–H groups in total. The molecule has 0 spiro atoms. The van der Waals surface area contributed by atoms with Gasteiger partial charge in [0.25, 0.3) is 0 Å². The third-order valence-corrected chi connectivity index (χ3v) is 5.41. The number of rotatable bonds is 5. The Morgan fingerprint density at radius 1 is 1.06 bits per heavy atom. The Labute approximate surface area is 190 Å². The van der Waals surface area contributed by atoms with Gasteiger partial charge >= 0.3 is 6.18 Å². The molecule has 0 aliphatic carbocycles. The van der Waals surface area contributed by atoms with Crippen molar-refractivity contribution in [1.29, 1.82) is 5.26 Å². The number of ether oxygens (including phenoxy) is 1.